The highest BCUT2D eigenvalue weighted by Crippen LogP contribution is 2.37. The Morgan fingerprint density at radius 3 is 2.52 bits per heavy atom. The van der Waals surface area contributed by atoms with Crippen LogP contribution in [0.15, 0.2) is 30.6 Å². The Balaban J connectivity index is 1.48. The molecule has 9 nitrogen and oxygen atoms in total. The molecule has 2 fully saturated rings. The average Bonchev–Trinajstić information content (AvgIpc) is 2.89. The molecule has 2 saturated heterocycles. The van der Waals surface area contributed by atoms with Gasteiger partial charge >= 0.3 is 6.09 Å². The lowest BCUT2D eigenvalue weighted by Crippen LogP contribution is -2.55. The van der Waals surface area contributed by atoms with Gasteiger partial charge in [0.15, 0.2) is 0 Å². The van der Waals surface area contributed by atoms with Crippen LogP contribution in [0.5, 0.6) is 0 Å². The number of nitrogens with one attached hydrogen (secondary N) is 1. The number of amides is 1. The zero-order valence-corrected chi connectivity index (χ0v) is 23.6. The molecule has 3 aromatic rings. The molecule has 5 rings (SSSR count). The zero-order valence-electron chi connectivity index (χ0n) is 23.6. The fourth-order valence-corrected chi connectivity index (χ4v) is 5.23. The van der Waals surface area contributed by atoms with Crippen LogP contribution in [0.2, 0.25) is 0 Å². The van der Waals surface area contributed by atoms with E-state index in [0.29, 0.717) is 55.6 Å². The van der Waals surface area contributed by atoms with Gasteiger partial charge < -0.3 is 29.5 Å². The summed E-state index contributed by atoms with van der Waals surface area (Å²) in [6.45, 7) is 13.6. The van der Waals surface area contributed by atoms with Gasteiger partial charge in [0.05, 0.1) is 53.6 Å². The first-order chi connectivity index (χ1) is 19.0. The van der Waals surface area contributed by atoms with E-state index in [9.17, 15) is 9.18 Å². The van der Waals surface area contributed by atoms with Gasteiger partial charge in [-0.1, -0.05) is 0 Å². The molecule has 0 aliphatic carbocycles. The van der Waals surface area contributed by atoms with Crippen molar-refractivity contribution >= 4 is 39.9 Å². The topological polar surface area (TPSA) is 83.1 Å². The van der Waals surface area contributed by atoms with Gasteiger partial charge in [0.25, 0.3) is 0 Å². The summed E-state index contributed by atoms with van der Waals surface area (Å²) >= 11 is 0. The van der Waals surface area contributed by atoms with Crippen molar-refractivity contribution in [2.24, 2.45) is 0 Å². The second-order valence-electron chi connectivity index (χ2n) is 11.3. The van der Waals surface area contributed by atoms with Crippen LogP contribution in [-0.4, -0.2) is 78.5 Å². The summed E-state index contributed by atoms with van der Waals surface area (Å²) in [4.78, 5) is 27.8. The van der Waals surface area contributed by atoms with Crippen LogP contribution in [0.4, 0.5) is 36.5 Å². The summed E-state index contributed by atoms with van der Waals surface area (Å²) in [6.07, 6.45) is 3.11. The number of hydrogen-bond donors (Lipinski definition) is 1. The lowest BCUT2D eigenvalue weighted by molar-refractivity contribution is 0.0158. The fourth-order valence-electron chi connectivity index (χ4n) is 5.23. The first-order valence-corrected chi connectivity index (χ1v) is 13.6. The van der Waals surface area contributed by atoms with Gasteiger partial charge in [-0.05, 0) is 40.7 Å². The minimum Gasteiger partial charge on any atom is -0.444 e. The van der Waals surface area contributed by atoms with Gasteiger partial charge in [0.2, 0.25) is 0 Å². The van der Waals surface area contributed by atoms with Crippen LogP contribution in [0.1, 0.15) is 33.3 Å². The van der Waals surface area contributed by atoms with E-state index in [4.69, 9.17) is 14.5 Å². The van der Waals surface area contributed by atoms with Gasteiger partial charge in [-0.15, -0.1) is 0 Å². The minimum atomic E-state index is -0.697. The van der Waals surface area contributed by atoms with Crippen molar-refractivity contribution in [2.75, 3.05) is 61.1 Å². The largest absolute Gasteiger partial charge is 0.444 e. The van der Waals surface area contributed by atoms with Crippen LogP contribution in [0.3, 0.4) is 0 Å². The predicted molar refractivity (Wildman–Crippen MR) is 152 cm³/mol. The number of anilines is 4. The molecule has 1 amide bonds. The summed E-state index contributed by atoms with van der Waals surface area (Å²) in [7, 11) is 0. The molecule has 214 valence electrons. The van der Waals surface area contributed by atoms with Crippen molar-refractivity contribution in [2.45, 2.75) is 46.3 Å². The van der Waals surface area contributed by atoms with Crippen LogP contribution in [0.25, 0.3) is 10.9 Å². The van der Waals surface area contributed by atoms with Crippen molar-refractivity contribution in [3.05, 3.63) is 47.8 Å². The monoisotopic (exact) mass is 554 g/mol. The molecule has 0 spiro atoms. The minimum absolute atomic E-state index is 0.157. The van der Waals surface area contributed by atoms with Crippen LogP contribution >= 0.6 is 0 Å². The van der Waals surface area contributed by atoms with Crippen molar-refractivity contribution in [3.8, 4) is 0 Å². The lowest BCUT2D eigenvalue weighted by atomic mass is 10.1. The third kappa shape index (κ3) is 5.89. The molecule has 1 N–H and O–H groups in total. The smallest absolute Gasteiger partial charge is 0.410 e. The molecule has 0 radical (unpaired) electrons. The molecule has 2 aromatic heterocycles. The van der Waals surface area contributed by atoms with Gasteiger partial charge in [-0.25, -0.2) is 18.6 Å². The Bertz CT molecular complexity index is 1410. The van der Waals surface area contributed by atoms with Gasteiger partial charge in [-0.3, -0.25) is 4.98 Å². The molecule has 0 bridgehead atoms. The standard InChI is InChI=1S/C29H36F2N6O3/c1-18-17-36(6-7-37(18)28(38)40-29(3,4)5)27-19(2)26(25-23(31)12-20(30)13-24(25)34-27)33-21-14-22(16-32-15-21)35-8-10-39-11-9-35/h12-16,18H,6-11,17H2,1-5H3,(H,33,34). The predicted octanol–water partition coefficient (Wildman–Crippen LogP) is 5.24. The number of nitrogens with zero attached hydrogens (tertiary/aromatic N) is 5. The van der Waals surface area contributed by atoms with Crippen molar-refractivity contribution in [1.29, 1.82) is 0 Å². The molecular weight excluding hydrogens is 518 g/mol. The molecule has 4 heterocycles. The maximum absolute atomic E-state index is 15.2. The number of benzene rings is 1. The number of rotatable bonds is 4. The molecular formula is C29H36F2N6O3. The first kappa shape index (κ1) is 27.8. The summed E-state index contributed by atoms with van der Waals surface area (Å²) in [5, 5.41) is 3.57. The van der Waals surface area contributed by atoms with Crippen molar-refractivity contribution in [3.63, 3.8) is 0 Å². The maximum atomic E-state index is 15.2. The normalized spacial score (nSPS) is 18.3. The van der Waals surface area contributed by atoms with E-state index < -0.39 is 17.2 Å². The first-order valence-electron chi connectivity index (χ1n) is 13.6. The second-order valence-corrected chi connectivity index (χ2v) is 11.3. The second kappa shape index (κ2) is 11.0. The number of halogens is 2. The number of aromatic nitrogens is 2. The molecule has 2 aliphatic rings. The summed E-state index contributed by atoms with van der Waals surface area (Å²) in [5.41, 5.74) is 2.45. The molecule has 1 atom stereocenters. The number of piperazine rings is 1. The Morgan fingerprint density at radius 2 is 1.82 bits per heavy atom. The zero-order chi connectivity index (χ0) is 28.6. The van der Waals surface area contributed by atoms with Crippen molar-refractivity contribution in [1.82, 2.24) is 14.9 Å². The van der Waals surface area contributed by atoms with E-state index in [1.807, 2.05) is 40.7 Å². The van der Waals surface area contributed by atoms with E-state index >= 15 is 4.39 Å². The van der Waals surface area contributed by atoms with Crippen LogP contribution in [0, 0.1) is 18.6 Å². The summed E-state index contributed by atoms with van der Waals surface area (Å²) in [6, 6.07) is 3.93. The van der Waals surface area contributed by atoms with Gasteiger partial charge in [-0.2, -0.15) is 0 Å². The van der Waals surface area contributed by atoms with Gasteiger partial charge in [0, 0.05) is 56.5 Å². The summed E-state index contributed by atoms with van der Waals surface area (Å²) in [5.74, 6) is -0.787. The third-order valence-corrected chi connectivity index (χ3v) is 7.15. The highest BCUT2D eigenvalue weighted by Gasteiger charge is 2.32. The average molecular weight is 555 g/mol. The summed E-state index contributed by atoms with van der Waals surface area (Å²) < 4.78 is 40.6. The molecule has 0 saturated carbocycles. The number of hydrogen-bond acceptors (Lipinski definition) is 8. The molecule has 11 heteroatoms. The highest BCUT2D eigenvalue weighted by molar-refractivity contribution is 5.97. The fraction of sp³-hybridized carbons (Fsp3) is 0.483. The molecule has 1 aromatic carbocycles. The number of morpholine rings is 1. The number of carbonyl (C=O) groups excluding carboxylic acids is 1. The maximum Gasteiger partial charge on any atom is 0.410 e. The quantitative estimate of drug-likeness (QED) is 0.469. The van der Waals surface area contributed by atoms with E-state index in [1.54, 1.807) is 17.3 Å². The molecule has 40 heavy (non-hydrogen) atoms. The lowest BCUT2D eigenvalue weighted by Gasteiger charge is -2.41. The van der Waals surface area contributed by atoms with Crippen molar-refractivity contribution < 1.29 is 23.0 Å². The van der Waals surface area contributed by atoms with E-state index in [-0.39, 0.29) is 23.0 Å². The van der Waals surface area contributed by atoms with Crippen LogP contribution in [-0.2, 0) is 9.47 Å². The number of ether oxygens (including phenoxy) is 2. The molecule has 1 unspecified atom stereocenters. The van der Waals surface area contributed by atoms with Gasteiger partial charge in [0.1, 0.15) is 23.1 Å². The Labute approximate surface area is 233 Å². The van der Waals surface area contributed by atoms with E-state index in [1.165, 1.54) is 6.07 Å². The highest BCUT2D eigenvalue weighted by atomic mass is 19.1. The number of pyridine rings is 2. The van der Waals surface area contributed by atoms with Crippen LogP contribution < -0.4 is 15.1 Å². The van der Waals surface area contributed by atoms with E-state index in [2.05, 4.69) is 20.1 Å². The number of fused-ring (bicyclic) bond motifs is 1. The van der Waals surface area contributed by atoms with E-state index in [0.717, 1.165) is 24.8 Å². The Hall–Kier alpha value is -3.73. The third-order valence-electron chi connectivity index (χ3n) is 7.15. The number of carbonyl (C=O) groups is 1. The SMILES string of the molecule is Cc1c(N2CCN(C(=O)OC(C)(C)C)C(C)C2)nc2cc(F)cc(F)c2c1Nc1cncc(N2CCOCC2)c1. The Morgan fingerprint density at radius 1 is 1.07 bits per heavy atom. The molecule has 2 aliphatic heterocycles. The Kier molecular flexibility index (Phi) is 7.67.